The van der Waals surface area contributed by atoms with Crippen molar-refractivity contribution in [3.63, 3.8) is 0 Å². The second-order valence-electron chi connectivity index (χ2n) is 23.6. The minimum Gasteiger partial charge on any atom is -0.311 e. The normalized spacial score (nSPS) is 13.4. The molecule has 9 aromatic carbocycles. The van der Waals surface area contributed by atoms with E-state index < -0.39 is 0 Å². The van der Waals surface area contributed by atoms with Gasteiger partial charge in [0.05, 0.1) is 0 Å². The lowest BCUT2D eigenvalue weighted by atomic mass is 9.33. The Labute approximate surface area is 430 Å². The van der Waals surface area contributed by atoms with Gasteiger partial charge >= 0.3 is 0 Å². The van der Waals surface area contributed by atoms with Gasteiger partial charge in [-0.25, -0.2) is 0 Å². The first kappa shape index (κ1) is 47.0. The molecular formula is C69H67BN2. The topological polar surface area (TPSA) is 6.48 Å². The first-order valence-corrected chi connectivity index (χ1v) is 25.9. The van der Waals surface area contributed by atoms with E-state index in [2.05, 4.69) is 292 Å². The monoisotopic (exact) mass is 935 g/mol. The zero-order chi connectivity index (χ0) is 50.3. The molecule has 11 rings (SSSR count). The Kier molecular flexibility index (Phi) is 11.4. The van der Waals surface area contributed by atoms with Gasteiger partial charge in [0.25, 0.3) is 6.71 Å². The van der Waals surface area contributed by atoms with E-state index in [4.69, 9.17) is 0 Å². The number of hydrogen-bond donors (Lipinski definition) is 0. The molecule has 3 heteroatoms. The molecule has 2 aliphatic heterocycles. The molecular weight excluding hydrogens is 868 g/mol. The Bertz CT molecular complexity index is 3440. The molecule has 0 saturated carbocycles. The standard InChI is InChI=1S/C69H67BN2/c1-46-42-63-65-64(43-46)72(58-38-32-54(33-39-58)68(8,9)52-26-22-49(23-27-52)47-18-14-12-15-19-47)62-41-35-56(69(10,11)53-28-24-50(25-29-53)48-20-16-13-17-21-48)45-60(62)70(65)59-44-55(67(5,6)7)34-40-61(59)71(63)57-36-30-51(31-37-57)66(2,3)4/h12-45H,1-11H3. The summed E-state index contributed by atoms with van der Waals surface area (Å²) in [6.45, 7) is 25.7. The van der Waals surface area contributed by atoms with Crippen molar-refractivity contribution >= 4 is 57.2 Å². The molecule has 72 heavy (non-hydrogen) atoms. The van der Waals surface area contributed by atoms with Crippen LogP contribution in [-0.2, 0) is 21.7 Å². The van der Waals surface area contributed by atoms with E-state index in [1.807, 2.05) is 0 Å². The molecule has 0 fully saturated rings. The fourth-order valence-electron chi connectivity index (χ4n) is 11.4. The van der Waals surface area contributed by atoms with Gasteiger partial charge < -0.3 is 9.80 Å². The lowest BCUT2D eigenvalue weighted by Crippen LogP contribution is -2.61. The smallest absolute Gasteiger partial charge is 0.252 e. The number of nitrogens with zero attached hydrogens (tertiary/aromatic N) is 2. The van der Waals surface area contributed by atoms with E-state index in [0.717, 1.165) is 5.69 Å². The maximum atomic E-state index is 2.56. The summed E-state index contributed by atoms with van der Waals surface area (Å²) in [4.78, 5) is 5.12. The number of fused-ring (bicyclic) bond motifs is 4. The zero-order valence-electron chi connectivity index (χ0n) is 44.1. The predicted molar refractivity (Wildman–Crippen MR) is 311 cm³/mol. The minimum atomic E-state index is -0.274. The molecule has 0 radical (unpaired) electrons. The Morgan fingerprint density at radius 3 is 1.06 bits per heavy atom. The van der Waals surface area contributed by atoms with E-state index in [-0.39, 0.29) is 28.4 Å². The summed E-state index contributed by atoms with van der Waals surface area (Å²) in [5.74, 6) is 0. The molecule has 356 valence electrons. The van der Waals surface area contributed by atoms with Gasteiger partial charge in [-0.05, 0) is 144 Å². The van der Waals surface area contributed by atoms with Crippen LogP contribution in [-0.4, -0.2) is 6.71 Å². The molecule has 2 nitrogen and oxygen atoms in total. The van der Waals surface area contributed by atoms with Crippen molar-refractivity contribution in [1.29, 1.82) is 0 Å². The summed E-state index contributed by atoms with van der Waals surface area (Å²) < 4.78 is 0. The van der Waals surface area contributed by atoms with Gasteiger partial charge in [0.2, 0.25) is 0 Å². The largest absolute Gasteiger partial charge is 0.311 e. The third-order valence-electron chi connectivity index (χ3n) is 16.1. The fourth-order valence-corrected chi connectivity index (χ4v) is 11.4. The fraction of sp³-hybridized carbons (Fsp3) is 0.217. The molecule has 0 atom stereocenters. The van der Waals surface area contributed by atoms with Crippen molar-refractivity contribution in [3.8, 4) is 22.3 Å². The third-order valence-corrected chi connectivity index (χ3v) is 16.1. The van der Waals surface area contributed by atoms with E-state index in [1.54, 1.807) is 0 Å². The van der Waals surface area contributed by atoms with Crippen LogP contribution in [0.25, 0.3) is 22.3 Å². The molecule has 2 aliphatic rings. The highest BCUT2D eigenvalue weighted by Crippen LogP contribution is 2.47. The van der Waals surface area contributed by atoms with E-state index >= 15 is 0 Å². The maximum absolute atomic E-state index is 2.56. The summed E-state index contributed by atoms with van der Waals surface area (Å²) in [5, 5.41) is 0. The third kappa shape index (κ3) is 8.18. The van der Waals surface area contributed by atoms with Crippen LogP contribution in [0.5, 0.6) is 0 Å². The lowest BCUT2D eigenvalue weighted by molar-refractivity contribution is 0.590. The van der Waals surface area contributed by atoms with Gasteiger partial charge in [-0.1, -0.05) is 227 Å². The van der Waals surface area contributed by atoms with Crippen LogP contribution in [0.2, 0.25) is 0 Å². The number of rotatable bonds is 8. The van der Waals surface area contributed by atoms with Gasteiger partial charge in [0.1, 0.15) is 0 Å². The second-order valence-corrected chi connectivity index (χ2v) is 23.6. The summed E-state index contributed by atoms with van der Waals surface area (Å²) >= 11 is 0. The maximum Gasteiger partial charge on any atom is 0.252 e. The van der Waals surface area contributed by atoms with Crippen molar-refractivity contribution in [2.45, 2.75) is 97.8 Å². The van der Waals surface area contributed by atoms with Gasteiger partial charge in [0.15, 0.2) is 0 Å². The van der Waals surface area contributed by atoms with Crippen molar-refractivity contribution < 1.29 is 0 Å². The van der Waals surface area contributed by atoms with Crippen molar-refractivity contribution in [2.24, 2.45) is 0 Å². The Morgan fingerprint density at radius 2 is 0.639 bits per heavy atom. The molecule has 0 amide bonds. The van der Waals surface area contributed by atoms with Crippen LogP contribution in [0.1, 0.15) is 108 Å². The Morgan fingerprint density at radius 1 is 0.306 bits per heavy atom. The first-order valence-electron chi connectivity index (χ1n) is 25.9. The SMILES string of the molecule is Cc1cc2c3c(c1)N(c1ccc(C(C)(C)c4ccc(-c5ccccc5)cc4)cc1)c1ccc(C(C)(C)c4ccc(-c5ccccc5)cc4)cc1B3c1cc(C(C)(C)C)ccc1N2c1ccc(C(C)(C)C)cc1. The van der Waals surface area contributed by atoms with Gasteiger partial charge in [-0.2, -0.15) is 0 Å². The predicted octanol–water partition coefficient (Wildman–Crippen LogP) is 16.7. The van der Waals surface area contributed by atoms with Gasteiger partial charge in [-0.15, -0.1) is 0 Å². The molecule has 0 aliphatic carbocycles. The Hall–Kier alpha value is -7.36. The highest BCUT2D eigenvalue weighted by molar-refractivity contribution is 7.00. The van der Waals surface area contributed by atoms with Crippen molar-refractivity contribution in [1.82, 2.24) is 0 Å². The summed E-state index contributed by atoms with van der Waals surface area (Å²) in [6.07, 6.45) is 0. The van der Waals surface area contributed by atoms with E-state index in [0.29, 0.717) is 0 Å². The zero-order valence-corrected chi connectivity index (χ0v) is 44.1. The molecule has 2 heterocycles. The molecule has 0 saturated heterocycles. The number of hydrogen-bond acceptors (Lipinski definition) is 2. The molecule has 0 unspecified atom stereocenters. The quantitative estimate of drug-likeness (QED) is 0.140. The van der Waals surface area contributed by atoms with Crippen LogP contribution < -0.4 is 26.2 Å². The minimum absolute atomic E-state index is 0.00230. The molecule has 9 aromatic rings. The highest BCUT2D eigenvalue weighted by atomic mass is 15.2. The molecule has 0 aromatic heterocycles. The number of aryl methyl sites for hydroxylation is 1. The average molecular weight is 935 g/mol. The van der Waals surface area contributed by atoms with Crippen molar-refractivity contribution in [2.75, 3.05) is 9.80 Å². The summed E-state index contributed by atoms with van der Waals surface area (Å²) in [7, 11) is 0. The van der Waals surface area contributed by atoms with Crippen LogP contribution in [0.15, 0.2) is 206 Å². The first-order chi connectivity index (χ1) is 34.4. The average Bonchev–Trinajstić information content (AvgIpc) is 3.38. The van der Waals surface area contributed by atoms with Crippen LogP contribution >= 0.6 is 0 Å². The van der Waals surface area contributed by atoms with Crippen LogP contribution in [0, 0.1) is 6.92 Å². The molecule has 0 N–H and O–H groups in total. The van der Waals surface area contributed by atoms with E-state index in [9.17, 15) is 0 Å². The summed E-state index contributed by atoms with van der Waals surface area (Å²) in [6, 6.07) is 78.1. The van der Waals surface area contributed by atoms with Crippen molar-refractivity contribution in [3.05, 3.63) is 245 Å². The molecule has 0 bridgehead atoms. The van der Waals surface area contributed by atoms with Gasteiger partial charge in [0, 0.05) is 45.0 Å². The highest BCUT2D eigenvalue weighted by Gasteiger charge is 2.45. The number of benzene rings is 9. The van der Waals surface area contributed by atoms with Crippen LogP contribution in [0.4, 0.5) is 34.1 Å². The number of anilines is 6. The lowest BCUT2D eigenvalue weighted by Gasteiger charge is -2.45. The second kappa shape index (κ2) is 17.4. The van der Waals surface area contributed by atoms with E-state index in [1.165, 1.54) is 106 Å². The Balaban J connectivity index is 1.09. The molecule has 0 spiro atoms. The van der Waals surface area contributed by atoms with Crippen LogP contribution in [0.3, 0.4) is 0 Å². The summed E-state index contributed by atoms with van der Waals surface area (Å²) in [5.41, 5.74) is 24.8. The van der Waals surface area contributed by atoms with Gasteiger partial charge in [-0.3, -0.25) is 0 Å².